The Hall–Kier alpha value is -1.10. The van der Waals surface area contributed by atoms with Crippen LogP contribution in [0.4, 0.5) is 0 Å². The van der Waals surface area contributed by atoms with Crippen molar-refractivity contribution in [1.82, 2.24) is 4.90 Å². The Morgan fingerprint density at radius 3 is 2.08 bits per heavy atom. The fraction of sp³-hybridized carbons (Fsp3) is 0.895. The average molecular weight is 344 g/mol. The lowest BCUT2D eigenvalue weighted by molar-refractivity contribution is -0.159. The van der Waals surface area contributed by atoms with Crippen LogP contribution in [-0.4, -0.2) is 49.7 Å². The fourth-order valence-electron chi connectivity index (χ4n) is 2.51. The third kappa shape index (κ3) is 8.13. The lowest BCUT2D eigenvalue weighted by Gasteiger charge is -2.28. The standard InChI is InChI=1S/C19H37NO4/c1-8-19(7,18(22)24-14-15(4)5)13-16(6)17(21)23-12-11-20(9-2)10-3/h15-16H,8-14H2,1-7H3. The summed E-state index contributed by atoms with van der Waals surface area (Å²) in [5.74, 6) is -0.476. The second kappa shape index (κ2) is 11.5. The molecule has 0 aromatic carbocycles. The number of carbonyl (C=O) groups excluding carboxylic acids is 2. The number of carbonyl (C=O) groups is 2. The van der Waals surface area contributed by atoms with Crippen LogP contribution in [0.25, 0.3) is 0 Å². The molecule has 0 bridgehead atoms. The molecule has 0 saturated carbocycles. The van der Waals surface area contributed by atoms with Crippen molar-refractivity contribution in [2.75, 3.05) is 32.8 Å². The van der Waals surface area contributed by atoms with Crippen LogP contribution >= 0.6 is 0 Å². The summed E-state index contributed by atoms with van der Waals surface area (Å²) >= 11 is 0. The topological polar surface area (TPSA) is 55.8 Å². The zero-order valence-corrected chi connectivity index (χ0v) is 16.7. The molecule has 0 amide bonds. The zero-order valence-electron chi connectivity index (χ0n) is 16.7. The molecule has 0 heterocycles. The number of likely N-dealkylation sites (N-methyl/N-ethyl adjacent to an activating group) is 1. The first-order chi connectivity index (χ1) is 11.2. The van der Waals surface area contributed by atoms with E-state index in [0.29, 0.717) is 32.0 Å². The number of rotatable bonds is 12. The summed E-state index contributed by atoms with van der Waals surface area (Å²) in [6.45, 7) is 17.3. The monoisotopic (exact) mass is 343 g/mol. The molecule has 0 aliphatic rings. The van der Waals surface area contributed by atoms with E-state index in [1.165, 1.54) is 0 Å². The first-order valence-electron chi connectivity index (χ1n) is 9.26. The van der Waals surface area contributed by atoms with Crippen molar-refractivity contribution in [3.63, 3.8) is 0 Å². The van der Waals surface area contributed by atoms with E-state index in [0.717, 1.165) is 19.6 Å². The minimum Gasteiger partial charge on any atom is -0.465 e. The second-order valence-corrected chi connectivity index (χ2v) is 7.21. The molecule has 0 fully saturated rings. The third-order valence-electron chi connectivity index (χ3n) is 4.53. The number of ether oxygens (including phenoxy) is 2. The van der Waals surface area contributed by atoms with Crippen molar-refractivity contribution in [3.8, 4) is 0 Å². The molecule has 0 spiro atoms. The van der Waals surface area contributed by atoms with E-state index >= 15 is 0 Å². The van der Waals surface area contributed by atoms with Crippen molar-refractivity contribution >= 4 is 11.9 Å². The summed E-state index contributed by atoms with van der Waals surface area (Å²) in [5.41, 5.74) is -0.647. The SMILES string of the molecule is CCN(CC)CCOC(=O)C(C)CC(C)(CC)C(=O)OCC(C)C. The Morgan fingerprint density at radius 2 is 1.62 bits per heavy atom. The highest BCUT2D eigenvalue weighted by Gasteiger charge is 2.36. The smallest absolute Gasteiger partial charge is 0.311 e. The maximum absolute atomic E-state index is 12.4. The first-order valence-corrected chi connectivity index (χ1v) is 9.26. The van der Waals surface area contributed by atoms with Crippen LogP contribution in [0.2, 0.25) is 0 Å². The first kappa shape index (κ1) is 22.9. The van der Waals surface area contributed by atoms with Crippen molar-refractivity contribution in [2.24, 2.45) is 17.3 Å². The van der Waals surface area contributed by atoms with Gasteiger partial charge in [-0.05, 0) is 38.8 Å². The lowest BCUT2D eigenvalue weighted by atomic mass is 9.79. The molecule has 0 rings (SSSR count). The van der Waals surface area contributed by atoms with E-state index in [1.54, 1.807) is 0 Å². The lowest BCUT2D eigenvalue weighted by Crippen LogP contribution is -2.35. The summed E-state index contributed by atoms with van der Waals surface area (Å²) in [6, 6.07) is 0. The number of esters is 2. The average Bonchev–Trinajstić information content (AvgIpc) is 2.55. The summed E-state index contributed by atoms with van der Waals surface area (Å²) in [5, 5.41) is 0. The Morgan fingerprint density at radius 1 is 1.04 bits per heavy atom. The molecule has 142 valence electrons. The molecular formula is C19H37NO4. The quantitative estimate of drug-likeness (QED) is 0.508. The maximum Gasteiger partial charge on any atom is 0.311 e. The van der Waals surface area contributed by atoms with E-state index in [2.05, 4.69) is 18.7 Å². The number of hydrogen-bond donors (Lipinski definition) is 0. The summed E-state index contributed by atoms with van der Waals surface area (Å²) < 4.78 is 10.8. The Labute approximate surface area is 148 Å². The van der Waals surface area contributed by atoms with Crippen molar-refractivity contribution < 1.29 is 19.1 Å². The van der Waals surface area contributed by atoms with Crippen molar-refractivity contribution in [3.05, 3.63) is 0 Å². The molecule has 0 aromatic heterocycles. The minimum absolute atomic E-state index is 0.221. The van der Waals surface area contributed by atoms with E-state index < -0.39 is 5.41 Å². The van der Waals surface area contributed by atoms with Crippen LogP contribution in [0.15, 0.2) is 0 Å². The largest absolute Gasteiger partial charge is 0.465 e. The van der Waals surface area contributed by atoms with Gasteiger partial charge >= 0.3 is 11.9 Å². The van der Waals surface area contributed by atoms with Crippen LogP contribution < -0.4 is 0 Å². The summed E-state index contributed by atoms with van der Waals surface area (Å²) in [7, 11) is 0. The van der Waals surface area contributed by atoms with Gasteiger partial charge in [0.15, 0.2) is 0 Å². The second-order valence-electron chi connectivity index (χ2n) is 7.21. The molecule has 2 atom stereocenters. The van der Waals surface area contributed by atoms with Crippen LogP contribution in [0, 0.1) is 17.3 Å². The number of hydrogen-bond acceptors (Lipinski definition) is 5. The summed E-state index contributed by atoms with van der Waals surface area (Å²) in [6.07, 6.45) is 1.09. The molecule has 0 radical (unpaired) electrons. The zero-order chi connectivity index (χ0) is 18.8. The normalized spacial score (nSPS) is 15.2. The van der Waals surface area contributed by atoms with E-state index in [9.17, 15) is 9.59 Å². The van der Waals surface area contributed by atoms with Gasteiger partial charge in [0, 0.05) is 6.54 Å². The highest BCUT2D eigenvalue weighted by molar-refractivity contribution is 5.78. The van der Waals surface area contributed by atoms with Crippen LogP contribution in [0.5, 0.6) is 0 Å². The van der Waals surface area contributed by atoms with Gasteiger partial charge in [-0.15, -0.1) is 0 Å². The minimum atomic E-state index is -0.647. The number of nitrogens with zero attached hydrogens (tertiary/aromatic N) is 1. The molecule has 5 heteroatoms. The summed E-state index contributed by atoms with van der Waals surface area (Å²) in [4.78, 5) is 26.8. The molecular weight excluding hydrogens is 306 g/mol. The van der Waals surface area contributed by atoms with Crippen LogP contribution in [-0.2, 0) is 19.1 Å². The predicted molar refractivity (Wildman–Crippen MR) is 96.7 cm³/mol. The van der Waals surface area contributed by atoms with E-state index in [4.69, 9.17) is 9.47 Å². The van der Waals surface area contributed by atoms with Crippen LogP contribution in [0.1, 0.15) is 61.3 Å². The molecule has 0 N–H and O–H groups in total. The highest BCUT2D eigenvalue weighted by atomic mass is 16.5. The van der Waals surface area contributed by atoms with Gasteiger partial charge in [0.05, 0.1) is 17.9 Å². The Balaban J connectivity index is 4.48. The van der Waals surface area contributed by atoms with Gasteiger partial charge in [0.2, 0.25) is 0 Å². The van der Waals surface area contributed by atoms with Crippen molar-refractivity contribution in [1.29, 1.82) is 0 Å². The van der Waals surface area contributed by atoms with Gasteiger partial charge in [-0.1, -0.05) is 41.5 Å². The third-order valence-corrected chi connectivity index (χ3v) is 4.53. The molecule has 2 unspecified atom stereocenters. The molecule has 5 nitrogen and oxygen atoms in total. The Bertz CT molecular complexity index is 380. The molecule has 24 heavy (non-hydrogen) atoms. The molecule has 0 aliphatic heterocycles. The highest BCUT2D eigenvalue weighted by Crippen LogP contribution is 2.32. The molecule has 0 aliphatic carbocycles. The van der Waals surface area contributed by atoms with E-state index in [1.807, 2.05) is 34.6 Å². The van der Waals surface area contributed by atoms with Gasteiger partial charge in [-0.2, -0.15) is 0 Å². The van der Waals surface area contributed by atoms with Gasteiger partial charge in [0.1, 0.15) is 6.61 Å². The van der Waals surface area contributed by atoms with Gasteiger partial charge < -0.3 is 14.4 Å². The molecule has 0 saturated heterocycles. The van der Waals surface area contributed by atoms with E-state index in [-0.39, 0.29) is 17.9 Å². The predicted octanol–water partition coefficient (Wildman–Crippen LogP) is 3.51. The van der Waals surface area contributed by atoms with Gasteiger partial charge in [-0.3, -0.25) is 9.59 Å². The Kier molecular flexibility index (Phi) is 10.9. The van der Waals surface area contributed by atoms with Crippen LogP contribution in [0.3, 0.4) is 0 Å². The van der Waals surface area contributed by atoms with Crippen molar-refractivity contribution in [2.45, 2.75) is 61.3 Å². The van der Waals surface area contributed by atoms with Gasteiger partial charge in [-0.25, -0.2) is 0 Å². The fourth-order valence-corrected chi connectivity index (χ4v) is 2.51. The van der Waals surface area contributed by atoms with Gasteiger partial charge in [0.25, 0.3) is 0 Å². The maximum atomic E-state index is 12.4. The molecule has 0 aromatic rings.